The van der Waals surface area contributed by atoms with Gasteiger partial charge in [0.15, 0.2) is 11.5 Å². The summed E-state index contributed by atoms with van der Waals surface area (Å²) in [6.45, 7) is 0.373. The molecule has 2 aromatic carbocycles. The van der Waals surface area contributed by atoms with Crippen molar-refractivity contribution in [3.63, 3.8) is 0 Å². The third-order valence-electron chi connectivity index (χ3n) is 4.53. The maximum atomic E-state index is 12.4. The first-order chi connectivity index (χ1) is 15.0. The van der Waals surface area contributed by atoms with Gasteiger partial charge < -0.3 is 19.2 Å². The van der Waals surface area contributed by atoms with Crippen molar-refractivity contribution in [1.29, 1.82) is 5.26 Å². The second kappa shape index (κ2) is 8.42. The third-order valence-corrected chi connectivity index (χ3v) is 4.53. The van der Waals surface area contributed by atoms with Crippen molar-refractivity contribution in [3.8, 4) is 28.9 Å². The molecule has 0 unspecified atom stereocenters. The van der Waals surface area contributed by atoms with Gasteiger partial charge in [0.25, 0.3) is 11.6 Å². The lowest BCUT2D eigenvalue weighted by Gasteiger charge is -2.05. The first-order valence-corrected chi connectivity index (χ1v) is 9.16. The van der Waals surface area contributed by atoms with Gasteiger partial charge >= 0.3 is 0 Å². The van der Waals surface area contributed by atoms with E-state index < -0.39 is 10.8 Å². The minimum absolute atomic E-state index is 0.0266. The van der Waals surface area contributed by atoms with Gasteiger partial charge in [0.2, 0.25) is 6.79 Å². The molecule has 4 rings (SSSR count). The summed E-state index contributed by atoms with van der Waals surface area (Å²) in [6.07, 6.45) is 1.34. The van der Waals surface area contributed by atoms with Gasteiger partial charge in [-0.05, 0) is 42.0 Å². The SMILES string of the molecule is N#C/C(=C\c1ccc(-c2ccc([N+](=O)[O-])cc2)o1)C(=O)NCc1ccc2c(c1)OCO2. The molecule has 9 heteroatoms. The van der Waals surface area contributed by atoms with Gasteiger partial charge in [-0.3, -0.25) is 14.9 Å². The number of nitrogens with zero attached hydrogens (tertiary/aromatic N) is 2. The number of furan rings is 1. The van der Waals surface area contributed by atoms with E-state index in [-0.39, 0.29) is 24.6 Å². The van der Waals surface area contributed by atoms with Crippen molar-refractivity contribution in [2.75, 3.05) is 6.79 Å². The number of fused-ring (bicyclic) bond motifs is 1. The monoisotopic (exact) mass is 417 g/mol. The van der Waals surface area contributed by atoms with Gasteiger partial charge in [0.1, 0.15) is 23.2 Å². The molecule has 0 saturated carbocycles. The number of nitrogens with one attached hydrogen (secondary N) is 1. The van der Waals surface area contributed by atoms with Crippen LogP contribution >= 0.6 is 0 Å². The topological polar surface area (TPSA) is 128 Å². The van der Waals surface area contributed by atoms with E-state index in [1.54, 1.807) is 42.5 Å². The van der Waals surface area contributed by atoms with Crippen LogP contribution in [0.25, 0.3) is 17.4 Å². The van der Waals surface area contributed by atoms with Crippen molar-refractivity contribution in [3.05, 3.63) is 81.6 Å². The largest absolute Gasteiger partial charge is 0.457 e. The molecular weight excluding hydrogens is 402 g/mol. The summed E-state index contributed by atoms with van der Waals surface area (Å²) in [5, 5.41) is 22.8. The van der Waals surface area contributed by atoms with Crippen LogP contribution in [0.5, 0.6) is 11.5 Å². The minimum atomic E-state index is -0.548. The van der Waals surface area contributed by atoms with Gasteiger partial charge in [-0.1, -0.05) is 6.07 Å². The average Bonchev–Trinajstić information content (AvgIpc) is 3.45. The van der Waals surface area contributed by atoms with Crippen LogP contribution in [0.2, 0.25) is 0 Å². The molecule has 0 radical (unpaired) electrons. The highest BCUT2D eigenvalue weighted by Crippen LogP contribution is 2.32. The Bertz CT molecular complexity index is 1220. The Labute approximate surface area is 176 Å². The fraction of sp³-hybridized carbons (Fsp3) is 0.0909. The highest BCUT2D eigenvalue weighted by molar-refractivity contribution is 6.01. The zero-order chi connectivity index (χ0) is 21.8. The molecule has 1 aromatic heterocycles. The average molecular weight is 417 g/mol. The van der Waals surface area contributed by atoms with Crippen LogP contribution in [0, 0.1) is 21.4 Å². The number of rotatable bonds is 6. The van der Waals surface area contributed by atoms with E-state index in [0.29, 0.717) is 28.6 Å². The molecule has 0 aliphatic carbocycles. The number of benzene rings is 2. The van der Waals surface area contributed by atoms with E-state index in [9.17, 15) is 20.2 Å². The molecule has 154 valence electrons. The summed E-state index contributed by atoms with van der Waals surface area (Å²) in [5.41, 5.74) is 1.29. The molecule has 1 aliphatic rings. The first-order valence-electron chi connectivity index (χ1n) is 9.16. The van der Waals surface area contributed by atoms with E-state index in [4.69, 9.17) is 13.9 Å². The number of amides is 1. The van der Waals surface area contributed by atoms with Crippen LogP contribution in [0.4, 0.5) is 5.69 Å². The molecule has 0 spiro atoms. The molecule has 1 N–H and O–H groups in total. The summed E-state index contributed by atoms with van der Waals surface area (Å²) in [7, 11) is 0. The zero-order valence-electron chi connectivity index (χ0n) is 16.0. The fourth-order valence-electron chi connectivity index (χ4n) is 2.95. The molecule has 0 bridgehead atoms. The van der Waals surface area contributed by atoms with Gasteiger partial charge in [0, 0.05) is 30.3 Å². The van der Waals surface area contributed by atoms with E-state index in [0.717, 1.165) is 5.56 Å². The smallest absolute Gasteiger partial charge is 0.269 e. The maximum absolute atomic E-state index is 12.4. The van der Waals surface area contributed by atoms with Crippen LogP contribution < -0.4 is 14.8 Å². The molecule has 0 saturated heterocycles. The number of carbonyl (C=O) groups is 1. The first kappa shape index (κ1) is 19.7. The lowest BCUT2D eigenvalue weighted by molar-refractivity contribution is -0.384. The predicted molar refractivity (Wildman–Crippen MR) is 109 cm³/mol. The Morgan fingerprint density at radius 3 is 2.65 bits per heavy atom. The van der Waals surface area contributed by atoms with Gasteiger partial charge in [-0.2, -0.15) is 5.26 Å². The van der Waals surface area contributed by atoms with E-state index in [1.807, 2.05) is 6.07 Å². The lowest BCUT2D eigenvalue weighted by Crippen LogP contribution is -2.23. The molecule has 1 amide bonds. The van der Waals surface area contributed by atoms with Gasteiger partial charge in [0.05, 0.1) is 4.92 Å². The van der Waals surface area contributed by atoms with Crippen LogP contribution in [0.3, 0.4) is 0 Å². The molecule has 31 heavy (non-hydrogen) atoms. The molecule has 2 heterocycles. The standard InChI is InChI=1S/C22H15N3O6/c23-11-16(22(26)24-12-14-1-7-20-21(9-14)30-13-29-20)10-18-6-8-19(31-18)15-2-4-17(5-3-15)25(27)28/h1-10H,12-13H2,(H,24,26)/b16-10+. The molecular formula is C22H15N3O6. The van der Waals surface area contributed by atoms with Crippen molar-refractivity contribution in [2.45, 2.75) is 6.54 Å². The number of hydrogen-bond acceptors (Lipinski definition) is 7. The quantitative estimate of drug-likeness (QED) is 0.279. The summed E-state index contributed by atoms with van der Waals surface area (Å²) in [6, 6.07) is 16.3. The lowest BCUT2D eigenvalue weighted by atomic mass is 10.1. The molecule has 9 nitrogen and oxygen atoms in total. The molecule has 1 aliphatic heterocycles. The number of carbonyl (C=O) groups excluding carboxylic acids is 1. The maximum Gasteiger partial charge on any atom is 0.269 e. The van der Waals surface area contributed by atoms with E-state index in [1.165, 1.54) is 18.2 Å². The Morgan fingerprint density at radius 1 is 1.13 bits per heavy atom. The number of nitro benzene ring substituents is 1. The van der Waals surface area contributed by atoms with E-state index in [2.05, 4.69) is 5.32 Å². The van der Waals surface area contributed by atoms with Crippen molar-refractivity contribution < 1.29 is 23.6 Å². The van der Waals surface area contributed by atoms with Crippen LogP contribution in [-0.4, -0.2) is 17.6 Å². The zero-order valence-corrected chi connectivity index (χ0v) is 16.0. The number of nitro groups is 1. The van der Waals surface area contributed by atoms with E-state index >= 15 is 0 Å². The third kappa shape index (κ3) is 4.38. The summed E-state index contributed by atoms with van der Waals surface area (Å²) in [5.74, 6) is 1.47. The van der Waals surface area contributed by atoms with Crippen molar-refractivity contribution in [1.82, 2.24) is 5.32 Å². The second-order valence-electron chi connectivity index (χ2n) is 6.55. The van der Waals surface area contributed by atoms with Gasteiger partial charge in [-0.15, -0.1) is 0 Å². The van der Waals surface area contributed by atoms with Crippen LogP contribution in [0.1, 0.15) is 11.3 Å². The second-order valence-corrected chi connectivity index (χ2v) is 6.55. The highest BCUT2D eigenvalue weighted by atomic mass is 16.7. The van der Waals surface area contributed by atoms with Gasteiger partial charge in [-0.25, -0.2) is 0 Å². The predicted octanol–water partition coefficient (Wildman–Crippen LogP) is 3.81. The number of ether oxygens (including phenoxy) is 2. The van der Waals surface area contributed by atoms with Crippen molar-refractivity contribution >= 4 is 17.7 Å². The summed E-state index contributed by atoms with van der Waals surface area (Å²) >= 11 is 0. The molecule has 3 aromatic rings. The van der Waals surface area contributed by atoms with Crippen LogP contribution in [0.15, 0.2) is 64.6 Å². The fourth-order valence-corrected chi connectivity index (χ4v) is 2.95. The molecule has 0 fully saturated rings. The normalized spacial score (nSPS) is 12.3. The number of hydrogen-bond donors (Lipinski definition) is 1. The van der Waals surface area contributed by atoms with Crippen molar-refractivity contribution in [2.24, 2.45) is 0 Å². The minimum Gasteiger partial charge on any atom is -0.457 e. The Morgan fingerprint density at radius 2 is 1.90 bits per heavy atom. The summed E-state index contributed by atoms with van der Waals surface area (Å²) in [4.78, 5) is 22.7. The molecule has 0 atom stereocenters. The van der Waals surface area contributed by atoms with Crippen LogP contribution in [-0.2, 0) is 11.3 Å². The number of non-ortho nitro benzene ring substituents is 1. The Hall–Kier alpha value is -4.58. The Kier molecular flexibility index (Phi) is 5.36. The highest BCUT2D eigenvalue weighted by Gasteiger charge is 2.15. The Balaban J connectivity index is 1.43. The number of nitriles is 1. The summed E-state index contributed by atoms with van der Waals surface area (Å²) < 4.78 is 16.2.